The molecule has 0 saturated heterocycles. The van der Waals surface area contributed by atoms with Gasteiger partial charge in [-0.15, -0.1) is 0 Å². The summed E-state index contributed by atoms with van der Waals surface area (Å²) >= 11 is 0. The molecule has 0 aliphatic carbocycles. The summed E-state index contributed by atoms with van der Waals surface area (Å²) in [5.74, 6) is 3.83. The zero-order valence-corrected chi connectivity index (χ0v) is 22.3. The maximum Gasteiger partial charge on any atom is 0.200 e. The molecule has 1 aliphatic heterocycles. The van der Waals surface area contributed by atoms with Crippen LogP contribution in [0.4, 0.5) is 0 Å². The Balaban J connectivity index is 1.44. The van der Waals surface area contributed by atoms with E-state index in [-0.39, 0.29) is 5.43 Å². The average Bonchev–Trinajstić information content (AvgIpc) is 2.95. The number of rotatable bonds is 8. The van der Waals surface area contributed by atoms with E-state index in [1.54, 1.807) is 46.6 Å². The highest BCUT2D eigenvalue weighted by Crippen LogP contribution is 2.36. The zero-order chi connectivity index (χ0) is 26.8. The van der Waals surface area contributed by atoms with Gasteiger partial charge in [0, 0.05) is 13.1 Å². The van der Waals surface area contributed by atoms with Gasteiger partial charge in [0.05, 0.1) is 45.0 Å². The summed E-state index contributed by atoms with van der Waals surface area (Å²) < 4.78 is 33.9. The third-order valence-corrected chi connectivity index (χ3v) is 6.92. The molecule has 8 nitrogen and oxygen atoms in total. The number of aryl methyl sites for hydroxylation is 1. The second kappa shape index (κ2) is 10.7. The van der Waals surface area contributed by atoms with Gasteiger partial charge in [0.25, 0.3) is 0 Å². The fourth-order valence-corrected chi connectivity index (χ4v) is 4.91. The maximum absolute atomic E-state index is 13.7. The Kier molecular flexibility index (Phi) is 7.15. The molecule has 1 aliphatic rings. The van der Waals surface area contributed by atoms with E-state index in [0.29, 0.717) is 64.1 Å². The number of hydrogen-bond donors (Lipinski definition) is 0. The molecule has 2 heterocycles. The molecular weight excluding hydrogens is 486 g/mol. The predicted molar refractivity (Wildman–Crippen MR) is 145 cm³/mol. The van der Waals surface area contributed by atoms with Crippen molar-refractivity contribution in [2.75, 3.05) is 41.7 Å². The minimum absolute atomic E-state index is 0.0961. The first-order valence-corrected chi connectivity index (χ1v) is 12.3. The summed E-state index contributed by atoms with van der Waals surface area (Å²) in [5.41, 5.74) is 3.68. The molecule has 0 radical (unpaired) electrons. The number of benzene rings is 3. The normalized spacial score (nSPS) is 13.1. The minimum atomic E-state index is -0.0961. The molecule has 0 atom stereocenters. The van der Waals surface area contributed by atoms with Crippen LogP contribution in [0.3, 0.4) is 0 Å². The molecule has 0 N–H and O–H groups in total. The van der Waals surface area contributed by atoms with E-state index in [4.69, 9.17) is 28.1 Å². The van der Waals surface area contributed by atoms with Crippen LogP contribution in [0.25, 0.3) is 22.1 Å². The van der Waals surface area contributed by atoms with E-state index in [0.717, 1.165) is 29.8 Å². The summed E-state index contributed by atoms with van der Waals surface area (Å²) in [6.07, 6.45) is 0.802. The van der Waals surface area contributed by atoms with Crippen LogP contribution in [0.2, 0.25) is 0 Å². The van der Waals surface area contributed by atoms with Crippen molar-refractivity contribution in [2.45, 2.75) is 19.9 Å². The van der Waals surface area contributed by atoms with Crippen molar-refractivity contribution in [3.05, 3.63) is 75.6 Å². The summed E-state index contributed by atoms with van der Waals surface area (Å²) in [6.45, 7) is 3.64. The number of hydrogen-bond acceptors (Lipinski definition) is 8. The molecule has 5 rings (SSSR count). The Morgan fingerprint density at radius 1 is 0.842 bits per heavy atom. The number of ether oxygens (including phenoxy) is 5. The van der Waals surface area contributed by atoms with Gasteiger partial charge < -0.3 is 28.1 Å². The molecule has 0 unspecified atom stereocenters. The Bertz CT molecular complexity index is 1540. The Morgan fingerprint density at radius 3 is 2.24 bits per heavy atom. The van der Waals surface area contributed by atoms with Crippen LogP contribution in [0.15, 0.2) is 57.7 Å². The average molecular weight is 518 g/mol. The van der Waals surface area contributed by atoms with Crippen molar-refractivity contribution < 1.29 is 28.1 Å². The van der Waals surface area contributed by atoms with E-state index in [1.165, 1.54) is 0 Å². The van der Waals surface area contributed by atoms with Gasteiger partial charge in [-0.1, -0.05) is 12.1 Å². The summed E-state index contributed by atoms with van der Waals surface area (Å²) in [6, 6.07) is 15.0. The molecule has 0 bridgehead atoms. The lowest BCUT2D eigenvalue weighted by Crippen LogP contribution is -2.33. The lowest BCUT2D eigenvalue weighted by molar-refractivity contribution is 0.0968. The highest BCUT2D eigenvalue weighted by Gasteiger charge is 2.24. The molecule has 0 amide bonds. The smallest absolute Gasteiger partial charge is 0.200 e. The molecule has 3 aromatic carbocycles. The molecule has 0 saturated carbocycles. The second-order valence-corrected chi connectivity index (χ2v) is 9.12. The predicted octanol–water partition coefficient (Wildman–Crippen LogP) is 5.20. The largest absolute Gasteiger partial charge is 0.493 e. The first-order valence-electron chi connectivity index (χ1n) is 12.3. The first kappa shape index (κ1) is 25.5. The Hall–Kier alpha value is -4.17. The molecule has 0 fully saturated rings. The van der Waals surface area contributed by atoms with Crippen molar-refractivity contribution in [1.82, 2.24) is 4.90 Å². The van der Waals surface area contributed by atoms with E-state index in [1.807, 2.05) is 37.3 Å². The van der Waals surface area contributed by atoms with Gasteiger partial charge in [-0.05, 0) is 60.9 Å². The van der Waals surface area contributed by atoms with Crippen molar-refractivity contribution in [3.63, 3.8) is 0 Å². The number of nitrogens with zero attached hydrogens (tertiary/aromatic N) is 1. The molecule has 38 heavy (non-hydrogen) atoms. The van der Waals surface area contributed by atoms with Crippen molar-refractivity contribution in [3.8, 4) is 39.9 Å². The van der Waals surface area contributed by atoms with Crippen molar-refractivity contribution >= 4 is 11.0 Å². The molecule has 198 valence electrons. The lowest BCUT2D eigenvalue weighted by Gasteiger charge is -2.29. The standard InChI is InChI=1S/C30H31NO7/c1-18-28(20-7-10-25(34-3)27(15-20)36-5)29(32)21-8-11-23-22(30(21)38-18)16-31(17-37-23)13-12-19-6-9-24(33-2)26(14-19)35-4/h6-11,14-15H,12-13,16-17H2,1-5H3. The highest BCUT2D eigenvalue weighted by atomic mass is 16.5. The van der Waals surface area contributed by atoms with Crippen LogP contribution in [0.1, 0.15) is 16.9 Å². The quantitative estimate of drug-likeness (QED) is 0.316. The second-order valence-electron chi connectivity index (χ2n) is 9.12. The molecule has 4 aromatic rings. The van der Waals surface area contributed by atoms with Crippen molar-refractivity contribution in [2.24, 2.45) is 0 Å². The monoisotopic (exact) mass is 517 g/mol. The van der Waals surface area contributed by atoms with E-state index in [2.05, 4.69) is 4.90 Å². The van der Waals surface area contributed by atoms with Crippen LogP contribution in [-0.4, -0.2) is 46.6 Å². The van der Waals surface area contributed by atoms with Gasteiger partial charge in [-0.2, -0.15) is 0 Å². The van der Waals surface area contributed by atoms with Gasteiger partial charge in [0.15, 0.2) is 23.0 Å². The maximum atomic E-state index is 13.7. The van der Waals surface area contributed by atoms with Crippen molar-refractivity contribution in [1.29, 1.82) is 0 Å². The van der Waals surface area contributed by atoms with E-state index >= 15 is 0 Å². The van der Waals surface area contributed by atoms with E-state index < -0.39 is 0 Å². The third kappa shape index (κ3) is 4.63. The first-order chi connectivity index (χ1) is 18.5. The summed E-state index contributed by atoms with van der Waals surface area (Å²) in [4.78, 5) is 15.9. The SMILES string of the molecule is COc1ccc(CCN2COc3ccc4c(=O)c(-c5ccc(OC)c(OC)c5)c(C)oc4c3C2)cc1OC. The third-order valence-electron chi connectivity index (χ3n) is 6.92. The zero-order valence-electron chi connectivity index (χ0n) is 22.3. The van der Waals surface area contributed by atoms with Gasteiger partial charge in [0.2, 0.25) is 5.43 Å². The molecule has 8 heteroatoms. The fraction of sp³-hybridized carbons (Fsp3) is 0.300. The van der Waals surface area contributed by atoms with Gasteiger partial charge in [0.1, 0.15) is 23.8 Å². The molecule has 0 spiro atoms. The van der Waals surface area contributed by atoms with Crippen LogP contribution < -0.4 is 29.1 Å². The van der Waals surface area contributed by atoms with Crippen LogP contribution in [0, 0.1) is 6.92 Å². The van der Waals surface area contributed by atoms with Gasteiger partial charge in [-0.25, -0.2) is 0 Å². The summed E-state index contributed by atoms with van der Waals surface area (Å²) in [7, 11) is 6.41. The van der Waals surface area contributed by atoms with Crippen LogP contribution in [-0.2, 0) is 13.0 Å². The lowest BCUT2D eigenvalue weighted by atomic mass is 10.00. The Morgan fingerprint density at radius 2 is 1.53 bits per heavy atom. The molecular formula is C30H31NO7. The number of fused-ring (bicyclic) bond motifs is 3. The minimum Gasteiger partial charge on any atom is -0.493 e. The van der Waals surface area contributed by atoms with Gasteiger partial charge >= 0.3 is 0 Å². The highest BCUT2D eigenvalue weighted by molar-refractivity contribution is 5.87. The topological polar surface area (TPSA) is 79.6 Å². The van der Waals surface area contributed by atoms with Gasteiger partial charge in [-0.3, -0.25) is 9.69 Å². The van der Waals surface area contributed by atoms with Crippen LogP contribution >= 0.6 is 0 Å². The summed E-state index contributed by atoms with van der Waals surface area (Å²) in [5, 5.41) is 0.518. The number of methoxy groups -OCH3 is 4. The Labute approximate surface area is 221 Å². The van der Waals surface area contributed by atoms with E-state index in [9.17, 15) is 4.79 Å². The fourth-order valence-electron chi connectivity index (χ4n) is 4.91. The molecule has 1 aromatic heterocycles. The van der Waals surface area contributed by atoms with Crippen LogP contribution in [0.5, 0.6) is 28.7 Å².